The molecule has 0 aromatic heterocycles. The van der Waals surface area contributed by atoms with Gasteiger partial charge in [0.15, 0.2) is 5.82 Å². The second-order valence-corrected chi connectivity index (χ2v) is 4.47. The van der Waals surface area contributed by atoms with E-state index in [4.69, 9.17) is 5.11 Å². The Morgan fingerprint density at radius 1 is 1.26 bits per heavy atom. The van der Waals surface area contributed by atoms with Gasteiger partial charge in [0.25, 0.3) is 5.91 Å². The monoisotopic (exact) mass is 264 g/mol. The van der Waals surface area contributed by atoms with Gasteiger partial charge < -0.3 is 5.11 Å². The number of halogens is 1. The number of phenolic OH excluding ortho intramolecular Hbond substituents is 1. The van der Waals surface area contributed by atoms with Gasteiger partial charge in [-0.05, 0) is 31.6 Å². The highest BCUT2D eigenvalue weighted by Gasteiger charge is 2.41. The van der Waals surface area contributed by atoms with E-state index < -0.39 is 17.8 Å². The lowest BCUT2D eigenvalue weighted by molar-refractivity contribution is -0.114. The molecule has 2 rings (SSSR count). The Kier molecular flexibility index (Phi) is 3.01. The van der Waals surface area contributed by atoms with Gasteiger partial charge in [0, 0.05) is 13.1 Å². The fourth-order valence-corrected chi connectivity index (χ4v) is 2.02. The maximum atomic E-state index is 13.8. The van der Waals surface area contributed by atoms with Crippen LogP contribution in [0, 0.1) is 5.82 Å². The van der Waals surface area contributed by atoms with Gasteiger partial charge in [-0.2, -0.15) is 0 Å². The minimum atomic E-state index is -0.829. The van der Waals surface area contributed by atoms with Crippen molar-refractivity contribution in [1.82, 2.24) is 4.90 Å². The molecule has 5 nitrogen and oxygen atoms in total. The zero-order valence-corrected chi connectivity index (χ0v) is 10.8. The van der Waals surface area contributed by atoms with Gasteiger partial charge in [-0.25, -0.2) is 14.1 Å². The first-order valence-corrected chi connectivity index (χ1v) is 5.62. The predicted octanol–water partition coefficient (Wildman–Crippen LogP) is 2.22. The lowest BCUT2D eigenvalue weighted by atomic mass is 10.2. The van der Waals surface area contributed by atoms with Gasteiger partial charge >= 0.3 is 6.03 Å². The molecule has 1 heterocycles. The van der Waals surface area contributed by atoms with Gasteiger partial charge in [0.05, 0.1) is 5.69 Å². The molecule has 3 amide bonds. The molecule has 6 heteroatoms. The van der Waals surface area contributed by atoms with Crippen LogP contribution in [0.1, 0.15) is 13.8 Å². The van der Waals surface area contributed by atoms with Crippen molar-refractivity contribution in [2.24, 2.45) is 0 Å². The molecule has 1 saturated heterocycles. The average Bonchev–Trinajstić information content (AvgIpc) is 2.52. The maximum Gasteiger partial charge on any atom is 0.336 e. The molecule has 0 atom stereocenters. The van der Waals surface area contributed by atoms with Crippen LogP contribution in [0.3, 0.4) is 0 Å². The van der Waals surface area contributed by atoms with Gasteiger partial charge in [0.1, 0.15) is 11.4 Å². The first-order valence-electron chi connectivity index (χ1n) is 5.62. The summed E-state index contributed by atoms with van der Waals surface area (Å²) < 4.78 is 13.8. The maximum absolute atomic E-state index is 13.8. The highest BCUT2D eigenvalue weighted by Crippen LogP contribution is 2.31. The van der Waals surface area contributed by atoms with Crippen LogP contribution in [-0.2, 0) is 4.79 Å². The number of imide groups is 1. The first-order chi connectivity index (χ1) is 8.84. The zero-order valence-electron chi connectivity index (χ0n) is 10.8. The lowest BCUT2D eigenvalue weighted by Crippen LogP contribution is -2.32. The summed E-state index contributed by atoms with van der Waals surface area (Å²) in [5.74, 6) is -1.67. The molecule has 19 heavy (non-hydrogen) atoms. The Balaban J connectivity index is 2.55. The van der Waals surface area contributed by atoms with E-state index in [1.54, 1.807) is 13.8 Å². The number of urea groups is 1. The van der Waals surface area contributed by atoms with Crippen molar-refractivity contribution in [3.05, 3.63) is 35.3 Å². The van der Waals surface area contributed by atoms with E-state index in [1.165, 1.54) is 24.1 Å². The Hall–Kier alpha value is -2.37. The molecule has 1 aromatic rings. The summed E-state index contributed by atoms with van der Waals surface area (Å²) in [4.78, 5) is 26.2. The molecule has 0 radical (unpaired) electrons. The fraction of sp³-hybridized carbons (Fsp3) is 0.231. The summed E-state index contributed by atoms with van der Waals surface area (Å²) in [6.07, 6.45) is 0. The fourth-order valence-electron chi connectivity index (χ4n) is 2.02. The number of likely N-dealkylation sites (N-methyl/N-ethyl adjacent to an activating group) is 1. The highest BCUT2D eigenvalue weighted by atomic mass is 19.1. The van der Waals surface area contributed by atoms with Crippen molar-refractivity contribution in [3.63, 3.8) is 0 Å². The minimum absolute atomic E-state index is 0.170. The second-order valence-electron chi connectivity index (χ2n) is 4.47. The van der Waals surface area contributed by atoms with Gasteiger partial charge in [-0.1, -0.05) is 0 Å². The van der Waals surface area contributed by atoms with Crippen molar-refractivity contribution in [1.29, 1.82) is 0 Å². The standard InChI is InChI=1S/C13H13FN2O3/c1-7(2)11-12(18)16(13(19)15(11)3)10-5-4-8(17)6-9(10)14/h4-6,17H,1-3H3. The topological polar surface area (TPSA) is 60.9 Å². The summed E-state index contributed by atoms with van der Waals surface area (Å²) in [7, 11) is 1.46. The quantitative estimate of drug-likeness (QED) is 0.625. The van der Waals surface area contributed by atoms with Crippen LogP contribution < -0.4 is 4.90 Å². The molecule has 0 saturated carbocycles. The van der Waals surface area contributed by atoms with E-state index in [2.05, 4.69) is 0 Å². The van der Waals surface area contributed by atoms with E-state index in [0.717, 1.165) is 11.0 Å². The van der Waals surface area contributed by atoms with E-state index in [-0.39, 0.29) is 17.1 Å². The number of rotatable bonds is 1. The first kappa shape index (κ1) is 13.1. The van der Waals surface area contributed by atoms with Crippen LogP contribution in [0.4, 0.5) is 14.9 Å². The third-order valence-electron chi connectivity index (χ3n) is 2.87. The van der Waals surface area contributed by atoms with E-state index >= 15 is 0 Å². The van der Waals surface area contributed by atoms with Crippen molar-refractivity contribution in [3.8, 4) is 5.75 Å². The highest BCUT2D eigenvalue weighted by molar-refractivity contribution is 6.26. The van der Waals surface area contributed by atoms with E-state index in [0.29, 0.717) is 5.57 Å². The Morgan fingerprint density at radius 2 is 1.89 bits per heavy atom. The molecule has 0 bridgehead atoms. The van der Waals surface area contributed by atoms with Crippen molar-refractivity contribution in [2.45, 2.75) is 13.8 Å². The van der Waals surface area contributed by atoms with Gasteiger partial charge in [0.2, 0.25) is 0 Å². The van der Waals surface area contributed by atoms with Gasteiger partial charge in [-0.3, -0.25) is 9.69 Å². The third-order valence-corrected chi connectivity index (χ3v) is 2.87. The molecule has 1 aliphatic rings. The predicted molar refractivity (Wildman–Crippen MR) is 67.1 cm³/mol. The number of allylic oxidation sites excluding steroid dienone is 1. The van der Waals surface area contributed by atoms with Crippen molar-refractivity contribution >= 4 is 17.6 Å². The molecular formula is C13H13FN2O3. The SMILES string of the molecule is CC(C)=C1C(=O)N(c2ccc(O)cc2F)C(=O)N1C. The summed E-state index contributed by atoms with van der Waals surface area (Å²) in [6, 6.07) is 2.66. The van der Waals surface area contributed by atoms with Crippen LogP contribution in [0.25, 0.3) is 0 Å². The number of carbonyl (C=O) groups is 2. The van der Waals surface area contributed by atoms with Crippen LogP contribution in [-0.4, -0.2) is 29.0 Å². The largest absolute Gasteiger partial charge is 0.508 e. The molecule has 1 aliphatic heterocycles. The van der Waals surface area contributed by atoms with Crippen LogP contribution in [0.2, 0.25) is 0 Å². The number of benzene rings is 1. The molecule has 1 fully saturated rings. The second kappa shape index (κ2) is 4.38. The van der Waals surface area contributed by atoms with Crippen LogP contribution >= 0.6 is 0 Å². The molecule has 100 valence electrons. The zero-order chi connectivity index (χ0) is 14.3. The number of hydrogen-bond acceptors (Lipinski definition) is 3. The number of aromatic hydroxyl groups is 1. The average molecular weight is 264 g/mol. The molecule has 0 spiro atoms. The molecular weight excluding hydrogens is 251 g/mol. The lowest BCUT2D eigenvalue weighted by Gasteiger charge is -2.14. The number of hydrogen-bond donors (Lipinski definition) is 1. The Bertz CT molecular complexity index is 606. The van der Waals surface area contributed by atoms with Crippen molar-refractivity contribution < 1.29 is 19.1 Å². The number of amides is 3. The molecule has 1 N–H and O–H groups in total. The number of anilines is 1. The van der Waals surface area contributed by atoms with E-state index in [9.17, 15) is 14.0 Å². The minimum Gasteiger partial charge on any atom is -0.508 e. The summed E-state index contributed by atoms with van der Waals surface area (Å²) in [5.41, 5.74) is 0.732. The van der Waals surface area contributed by atoms with E-state index in [1.807, 2.05) is 0 Å². The molecule has 0 unspecified atom stereocenters. The summed E-state index contributed by atoms with van der Waals surface area (Å²) in [6.45, 7) is 3.40. The number of phenols is 1. The summed E-state index contributed by atoms with van der Waals surface area (Å²) in [5, 5.41) is 9.16. The molecule has 0 aliphatic carbocycles. The Morgan fingerprint density at radius 3 is 2.37 bits per heavy atom. The van der Waals surface area contributed by atoms with Crippen LogP contribution in [0.15, 0.2) is 29.5 Å². The van der Waals surface area contributed by atoms with Gasteiger partial charge in [-0.15, -0.1) is 0 Å². The number of nitrogens with zero attached hydrogens (tertiary/aromatic N) is 2. The van der Waals surface area contributed by atoms with Crippen molar-refractivity contribution in [2.75, 3.05) is 11.9 Å². The third kappa shape index (κ3) is 1.95. The molecule has 1 aromatic carbocycles. The number of carbonyl (C=O) groups excluding carboxylic acids is 2. The van der Waals surface area contributed by atoms with Crippen LogP contribution in [0.5, 0.6) is 5.75 Å². The summed E-state index contributed by atoms with van der Waals surface area (Å²) >= 11 is 0. The Labute approximate surface area is 109 Å². The normalized spacial score (nSPS) is 15.5. The smallest absolute Gasteiger partial charge is 0.336 e.